The summed E-state index contributed by atoms with van der Waals surface area (Å²) in [6.07, 6.45) is 0.793. The lowest BCUT2D eigenvalue weighted by Crippen LogP contribution is -2.14. The van der Waals surface area contributed by atoms with E-state index in [1.807, 2.05) is 19.1 Å². The lowest BCUT2D eigenvalue weighted by atomic mass is 9.97. The SMILES string of the molecule is CCOC(=O)c1c(CC)cccc1CC(=O)OC. The van der Waals surface area contributed by atoms with Crippen molar-refractivity contribution in [1.29, 1.82) is 0 Å². The zero-order valence-electron chi connectivity index (χ0n) is 11.0. The maximum absolute atomic E-state index is 11.9. The highest BCUT2D eigenvalue weighted by Crippen LogP contribution is 2.18. The molecule has 0 aliphatic heterocycles. The number of carbonyl (C=O) groups is 2. The van der Waals surface area contributed by atoms with Crippen LogP contribution in [0.3, 0.4) is 0 Å². The number of carbonyl (C=O) groups excluding carboxylic acids is 2. The Labute approximate surface area is 107 Å². The second-order valence-electron chi connectivity index (χ2n) is 3.78. The van der Waals surface area contributed by atoms with Crippen molar-refractivity contribution in [2.75, 3.05) is 13.7 Å². The van der Waals surface area contributed by atoms with Gasteiger partial charge in [0.05, 0.1) is 25.7 Å². The molecule has 0 aliphatic carbocycles. The molecule has 0 N–H and O–H groups in total. The summed E-state index contributed by atoms with van der Waals surface area (Å²) < 4.78 is 9.67. The normalized spacial score (nSPS) is 9.94. The van der Waals surface area contributed by atoms with Crippen molar-refractivity contribution in [3.63, 3.8) is 0 Å². The maximum Gasteiger partial charge on any atom is 0.338 e. The number of esters is 2. The molecule has 0 fully saturated rings. The Morgan fingerprint density at radius 1 is 1.17 bits per heavy atom. The Hall–Kier alpha value is -1.84. The van der Waals surface area contributed by atoms with Gasteiger partial charge in [0.15, 0.2) is 0 Å². The van der Waals surface area contributed by atoms with Crippen molar-refractivity contribution in [3.05, 3.63) is 34.9 Å². The van der Waals surface area contributed by atoms with Crippen LogP contribution in [0.4, 0.5) is 0 Å². The van der Waals surface area contributed by atoms with Crippen molar-refractivity contribution < 1.29 is 19.1 Å². The molecule has 1 rings (SSSR count). The van der Waals surface area contributed by atoms with Crippen LogP contribution in [0.25, 0.3) is 0 Å². The summed E-state index contributed by atoms with van der Waals surface area (Å²) in [5.74, 6) is -0.748. The molecule has 4 nitrogen and oxygen atoms in total. The lowest BCUT2D eigenvalue weighted by Gasteiger charge is -2.12. The van der Waals surface area contributed by atoms with Crippen LogP contribution in [-0.2, 0) is 27.1 Å². The van der Waals surface area contributed by atoms with Crippen molar-refractivity contribution in [1.82, 2.24) is 0 Å². The molecule has 18 heavy (non-hydrogen) atoms. The van der Waals surface area contributed by atoms with Crippen LogP contribution in [0.15, 0.2) is 18.2 Å². The Morgan fingerprint density at radius 2 is 1.83 bits per heavy atom. The summed E-state index contributed by atoms with van der Waals surface area (Å²) in [5.41, 5.74) is 2.03. The monoisotopic (exact) mass is 250 g/mol. The van der Waals surface area contributed by atoms with Crippen LogP contribution in [0.1, 0.15) is 35.3 Å². The second kappa shape index (κ2) is 6.79. The Balaban J connectivity index is 3.15. The zero-order valence-corrected chi connectivity index (χ0v) is 11.0. The smallest absolute Gasteiger partial charge is 0.338 e. The van der Waals surface area contributed by atoms with Crippen LogP contribution >= 0.6 is 0 Å². The largest absolute Gasteiger partial charge is 0.469 e. The minimum absolute atomic E-state index is 0.0818. The topological polar surface area (TPSA) is 52.6 Å². The van der Waals surface area contributed by atoms with E-state index < -0.39 is 0 Å². The molecule has 0 saturated heterocycles. The van der Waals surface area contributed by atoms with E-state index >= 15 is 0 Å². The zero-order chi connectivity index (χ0) is 13.5. The molecule has 1 aromatic rings. The molecular formula is C14H18O4. The van der Waals surface area contributed by atoms with E-state index in [1.54, 1.807) is 13.0 Å². The van der Waals surface area contributed by atoms with Gasteiger partial charge in [-0.05, 0) is 24.5 Å². The summed E-state index contributed by atoms with van der Waals surface area (Å²) in [6, 6.07) is 5.45. The third-order valence-corrected chi connectivity index (χ3v) is 2.66. The highest BCUT2D eigenvalue weighted by molar-refractivity contribution is 5.94. The second-order valence-corrected chi connectivity index (χ2v) is 3.78. The molecule has 4 heteroatoms. The molecule has 1 aromatic carbocycles. The van der Waals surface area contributed by atoms with E-state index in [-0.39, 0.29) is 18.4 Å². The number of rotatable bonds is 5. The van der Waals surface area contributed by atoms with Crippen LogP contribution in [0, 0.1) is 0 Å². The summed E-state index contributed by atoms with van der Waals surface area (Å²) >= 11 is 0. The predicted molar refractivity (Wildman–Crippen MR) is 67.5 cm³/mol. The number of ether oxygens (including phenoxy) is 2. The van der Waals surface area contributed by atoms with Gasteiger partial charge in [0.25, 0.3) is 0 Å². The molecule has 0 radical (unpaired) electrons. The number of aryl methyl sites for hydroxylation is 1. The Bertz CT molecular complexity index is 437. The van der Waals surface area contributed by atoms with Crippen LogP contribution in [0.2, 0.25) is 0 Å². The van der Waals surface area contributed by atoms with E-state index in [9.17, 15) is 9.59 Å². The summed E-state index contributed by atoms with van der Waals surface area (Å²) in [6.45, 7) is 4.03. The number of hydrogen-bond acceptors (Lipinski definition) is 4. The molecule has 0 atom stereocenters. The Kier molecular flexibility index (Phi) is 5.36. The standard InChI is InChI=1S/C14H18O4/c1-4-10-7-6-8-11(9-12(15)17-3)13(10)14(16)18-5-2/h6-8H,4-5,9H2,1-3H3. The highest BCUT2D eigenvalue weighted by atomic mass is 16.5. The maximum atomic E-state index is 11.9. The van der Waals surface area contributed by atoms with Gasteiger partial charge in [-0.15, -0.1) is 0 Å². The first-order valence-corrected chi connectivity index (χ1v) is 5.98. The van der Waals surface area contributed by atoms with Gasteiger partial charge in [0.1, 0.15) is 0 Å². The predicted octanol–water partition coefficient (Wildman–Crippen LogP) is 2.14. The summed E-state index contributed by atoms with van der Waals surface area (Å²) in [5, 5.41) is 0. The molecule has 0 amide bonds. The highest BCUT2D eigenvalue weighted by Gasteiger charge is 2.18. The summed E-state index contributed by atoms with van der Waals surface area (Å²) in [4.78, 5) is 23.3. The summed E-state index contributed by atoms with van der Waals surface area (Å²) in [7, 11) is 1.33. The molecule has 0 aromatic heterocycles. The van der Waals surface area contributed by atoms with E-state index in [1.165, 1.54) is 7.11 Å². The molecule has 98 valence electrons. The molecule has 0 bridgehead atoms. The van der Waals surface area contributed by atoms with Gasteiger partial charge in [-0.25, -0.2) is 4.79 Å². The van der Waals surface area contributed by atoms with Gasteiger partial charge >= 0.3 is 11.9 Å². The van der Waals surface area contributed by atoms with Gasteiger partial charge in [-0.2, -0.15) is 0 Å². The van der Waals surface area contributed by atoms with Crippen LogP contribution in [0.5, 0.6) is 0 Å². The van der Waals surface area contributed by atoms with Crippen molar-refractivity contribution >= 4 is 11.9 Å². The third-order valence-electron chi connectivity index (χ3n) is 2.66. The minimum atomic E-state index is -0.381. The molecule has 0 saturated carbocycles. The number of hydrogen-bond donors (Lipinski definition) is 0. The molecule has 0 unspecified atom stereocenters. The average Bonchev–Trinajstić information content (AvgIpc) is 2.38. The van der Waals surface area contributed by atoms with Gasteiger partial charge < -0.3 is 9.47 Å². The van der Waals surface area contributed by atoms with E-state index in [0.717, 1.165) is 5.56 Å². The lowest BCUT2D eigenvalue weighted by molar-refractivity contribution is -0.139. The fourth-order valence-corrected chi connectivity index (χ4v) is 1.79. The fourth-order valence-electron chi connectivity index (χ4n) is 1.79. The first-order chi connectivity index (χ1) is 8.63. The van der Waals surface area contributed by atoms with Crippen molar-refractivity contribution in [3.8, 4) is 0 Å². The van der Waals surface area contributed by atoms with E-state index in [4.69, 9.17) is 4.74 Å². The molecule has 0 aliphatic rings. The molecule has 0 heterocycles. The van der Waals surface area contributed by atoms with Crippen molar-refractivity contribution in [2.24, 2.45) is 0 Å². The van der Waals surface area contributed by atoms with Crippen LogP contribution < -0.4 is 0 Å². The first-order valence-electron chi connectivity index (χ1n) is 5.98. The molecule has 0 spiro atoms. The van der Waals surface area contributed by atoms with Crippen molar-refractivity contribution in [2.45, 2.75) is 26.7 Å². The Morgan fingerprint density at radius 3 is 2.39 bits per heavy atom. The number of methoxy groups -OCH3 is 1. The fraction of sp³-hybridized carbons (Fsp3) is 0.429. The van der Waals surface area contributed by atoms with Gasteiger partial charge in [0, 0.05) is 0 Å². The van der Waals surface area contributed by atoms with E-state index in [0.29, 0.717) is 24.2 Å². The van der Waals surface area contributed by atoms with Crippen LogP contribution in [-0.4, -0.2) is 25.7 Å². The number of benzene rings is 1. The van der Waals surface area contributed by atoms with Gasteiger partial charge in [-0.3, -0.25) is 4.79 Å². The first kappa shape index (κ1) is 14.2. The third kappa shape index (κ3) is 3.32. The average molecular weight is 250 g/mol. The molecular weight excluding hydrogens is 232 g/mol. The van der Waals surface area contributed by atoms with E-state index in [2.05, 4.69) is 4.74 Å². The van der Waals surface area contributed by atoms with Gasteiger partial charge in [0.2, 0.25) is 0 Å². The quantitative estimate of drug-likeness (QED) is 0.751. The van der Waals surface area contributed by atoms with Gasteiger partial charge in [-0.1, -0.05) is 25.1 Å². The minimum Gasteiger partial charge on any atom is -0.469 e.